The van der Waals surface area contributed by atoms with E-state index in [9.17, 15) is 9.59 Å². The first kappa shape index (κ1) is 23.9. The third kappa shape index (κ3) is 4.44. The van der Waals surface area contributed by atoms with Crippen LogP contribution in [0.15, 0.2) is 65.0 Å². The lowest BCUT2D eigenvalue weighted by atomic mass is 9.84. The largest absolute Gasteiger partial charge is 0.493 e. The van der Waals surface area contributed by atoms with Gasteiger partial charge in [0, 0.05) is 30.7 Å². The molecule has 4 rings (SSSR count). The number of hydrogen-bond donors (Lipinski definition) is 1. The molecule has 0 saturated carbocycles. The summed E-state index contributed by atoms with van der Waals surface area (Å²) in [6.45, 7) is 2.24. The van der Waals surface area contributed by atoms with Gasteiger partial charge in [-0.25, -0.2) is 4.79 Å². The standard InChI is InChI=1S/C26H27N3O6/c1-15-13-20-22(21(17-7-10-28-11-8-17)23(24(27)35-20)26(31)34-4)25(30)29(15)12-9-16-5-6-18(32-2)19(14-16)33-3/h5-8,10-11,13-14,21H,9,12,27H2,1-4H3/t21-/m0/s1. The summed E-state index contributed by atoms with van der Waals surface area (Å²) in [5, 5.41) is 0. The fourth-order valence-electron chi connectivity index (χ4n) is 4.34. The molecule has 0 unspecified atom stereocenters. The molecule has 0 amide bonds. The average molecular weight is 478 g/mol. The van der Waals surface area contributed by atoms with Crippen molar-refractivity contribution in [3.63, 3.8) is 0 Å². The number of carbonyl (C=O) groups is 1. The van der Waals surface area contributed by atoms with Gasteiger partial charge in [-0.15, -0.1) is 0 Å². The lowest BCUT2D eigenvalue weighted by molar-refractivity contribution is -0.136. The molecule has 0 radical (unpaired) electrons. The Morgan fingerprint density at radius 3 is 2.46 bits per heavy atom. The Morgan fingerprint density at radius 2 is 1.80 bits per heavy atom. The second-order valence-electron chi connectivity index (χ2n) is 8.04. The van der Waals surface area contributed by atoms with Gasteiger partial charge in [0.05, 0.1) is 32.8 Å². The van der Waals surface area contributed by atoms with Gasteiger partial charge in [-0.1, -0.05) is 6.07 Å². The van der Waals surface area contributed by atoms with E-state index in [4.69, 9.17) is 24.7 Å². The molecule has 1 aromatic carbocycles. The fourth-order valence-corrected chi connectivity index (χ4v) is 4.34. The molecule has 0 saturated heterocycles. The minimum Gasteiger partial charge on any atom is -0.493 e. The Morgan fingerprint density at radius 1 is 1.09 bits per heavy atom. The van der Waals surface area contributed by atoms with Crippen LogP contribution in [0.4, 0.5) is 0 Å². The molecule has 0 aliphatic carbocycles. The highest BCUT2D eigenvalue weighted by Crippen LogP contribution is 2.41. The van der Waals surface area contributed by atoms with Crippen molar-refractivity contribution in [3.8, 4) is 17.2 Å². The van der Waals surface area contributed by atoms with Crippen LogP contribution >= 0.6 is 0 Å². The first-order valence-corrected chi connectivity index (χ1v) is 11.0. The summed E-state index contributed by atoms with van der Waals surface area (Å²) in [6, 6.07) is 10.9. The molecule has 0 bridgehead atoms. The Bertz CT molecular complexity index is 1350. The smallest absolute Gasteiger partial charge is 0.340 e. The van der Waals surface area contributed by atoms with Gasteiger partial charge in [0.2, 0.25) is 5.88 Å². The molecule has 1 aliphatic heterocycles. The maximum absolute atomic E-state index is 13.8. The molecule has 3 aromatic rings. The number of benzene rings is 1. The maximum atomic E-state index is 13.8. The third-order valence-electron chi connectivity index (χ3n) is 6.09. The van der Waals surface area contributed by atoms with Crippen LogP contribution in [0.1, 0.15) is 28.3 Å². The monoisotopic (exact) mass is 477 g/mol. The number of pyridine rings is 2. The van der Waals surface area contributed by atoms with E-state index in [1.165, 1.54) is 7.11 Å². The van der Waals surface area contributed by atoms with E-state index in [2.05, 4.69) is 4.98 Å². The Labute approximate surface area is 202 Å². The summed E-state index contributed by atoms with van der Waals surface area (Å²) >= 11 is 0. The van der Waals surface area contributed by atoms with Crippen LogP contribution in [0, 0.1) is 6.92 Å². The fraction of sp³-hybridized carbons (Fsp3) is 0.269. The Hall–Kier alpha value is -4.27. The number of aryl methyl sites for hydroxylation is 2. The molecule has 2 aromatic heterocycles. The first-order chi connectivity index (χ1) is 16.9. The van der Waals surface area contributed by atoms with E-state index < -0.39 is 11.9 Å². The predicted molar refractivity (Wildman–Crippen MR) is 129 cm³/mol. The highest BCUT2D eigenvalue weighted by Gasteiger charge is 2.38. The van der Waals surface area contributed by atoms with E-state index in [-0.39, 0.29) is 17.0 Å². The predicted octanol–water partition coefficient (Wildman–Crippen LogP) is 2.68. The topological polar surface area (TPSA) is 115 Å². The number of carbonyl (C=O) groups excluding carboxylic acids is 1. The van der Waals surface area contributed by atoms with E-state index in [1.807, 2.05) is 25.1 Å². The average Bonchev–Trinajstić information content (AvgIpc) is 2.87. The molecule has 0 fully saturated rings. The molecule has 1 atom stereocenters. The first-order valence-electron chi connectivity index (χ1n) is 11.0. The number of methoxy groups -OCH3 is 3. The Balaban J connectivity index is 1.78. The zero-order chi connectivity index (χ0) is 25.1. The van der Waals surface area contributed by atoms with Gasteiger partial charge >= 0.3 is 5.97 Å². The normalized spacial score (nSPS) is 14.7. The highest BCUT2D eigenvalue weighted by molar-refractivity contribution is 5.92. The molecule has 0 spiro atoms. The summed E-state index contributed by atoms with van der Waals surface area (Å²) in [4.78, 5) is 30.6. The Kier molecular flexibility index (Phi) is 6.77. The number of nitrogens with two attached hydrogens (primary N) is 1. The second-order valence-corrected chi connectivity index (χ2v) is 8.04. The van der Waals surface area contributed by atoms with Gasteiger partial charge in [0.25, 0.3) is 5.56 Å². The summed E-state index contributed by atoms with van der Waals surface area (Å²) in [7, 11) is 4.42. The number of nitrogens with zero attached hydrogens (tertiary/aromatic N) is 2. The highest BCUT2D eigenvalue weighted by atomic mass is 16.5. The SMILES string of the molecule is COC(=O)C1=C(N)Oc2cc(C)n(CCc3ccc(OC)c(OC)c3)c(=O)c2[C@@H]1c1ccncc1. The van der Waals surface area contributed by atoms with E-state index in [0.717, 1.165) is 5.56 Å². The van der Waals surface area contributed by atoms with Crippen LogP contribution in [-0.2, 0) is 22.5 Å². The van der Waals surface area contributed by atoms with Crippen molar-refractivity contribution in [2.45, 2.75) is 25.8 Å². The molecule has 9 nitrogen and oxygen atoms in total. The molecule has 182 valence electrons. The molecule has 2 N–H and O–H groups in total. The van der Waals surface area contributed by atoms with Crippen LogP contribution in [0.2, 0.25) is 0 Å². The van der Waals surface area contributed by atoms with Crippen LogP contribution in [0.5, 0.6) is 17.2 Å². The van der Waals surface area contributed by atoms with Crippen LogP contribution < -0.4 is 25.5 Å². The van der Waals surface area contributed by atoms with Crippen molar-refractivity contribution < 1.29 is 23.7 Å². The zero-order valence-electron chi connectivity index (χ0n) is 20.0. The zero-order valence-corrected chi connectivity index (χ0v) is 20.0. The van der Waals surface area contributed by atoms with Gasteiger partial charge in [-0.2, -0.15) is 0 Å². The molecule has 35 heavy (non-hydrogen) atoms. The van der Waals surface area contributed by atoms with Gasteiger partial charge in [-0.05, 0) is 48.7 Å². The van der Waals surface area contributed by atoms with Crippen molar-refractivity contribution in [2.75, 3.05) is 21.3 Å². The summed E-state index contributed by atoms with van der Waals surface area (Å²) in [5.41, 5.74) is 8.64. The van der Waals surface area contributed by atoms with E-state index in [1.54, 1.807) is 49.4 Å². The number of esters is 1. The lowest BCUT2D eigenvalue weighted by Gasteiger charge is -2.28. The number of aromatic nitrogens is 2. The van der Waals surface area contributed by atoms with Crippen molar-refractivity contribution >= 4 is 5.97 Å². The quantitative estimate of drug-likeness (QED) is 0.517. The van der Waals surface area contributed by atoms with E-state index in [0.29, 0.717) is 47.0 Å². The summed E-state index contributed by atoms with van der Waals surface area (Å²) in [6.07, 6.45) is 3.77. The number of ether oxygens (including phenoxy) is 4. The lowest BCUT2D eigenvalue weighted by Crippen LogP contribution is -2.35. The third-order valence-corrected chi connectivity index (χ3v) is 6.09. The summed E-state index contributed by atoms with van der Waals surface area (Å²) in [5.74, 6) is 0.0701. The maximum Gasteiger partial charge on any atom is 0.340 e. The van der Waals surface area contributed by atoms with Gasteiger partial charge in [-0.3, -0.25) is 9.78 Å². The van der Waals surface area contributed by atoms with Crippen LogP contribution in [0.25, 0.3) is 0 Å². The summed E-state index contributed by atoms with van der Waals surface area (Å²) < 4.78 is 23.1. The minimum absolute atomic E-state index is 0.0820. The molecular weight excluding hydrogens is 450 g/mol. The number of fused-ring (bicyclic) bond motifs is 1. The van der Waals surface area contributed by atoms with Gasteiger partial charge in [0.15, 0.2) is 11.5 Å². The molecular formula is C26H27N3O6. The van der Waals surface area contributed by atoms with E-state index >= 15 is 0 Å². The molecule has 3 heterocycles. The van der Waals surface area contributed by atoms with Crippen LogP contribution in [0.3, 0.4) is 0 Å². The molecule has 1 aliphatic rings. The van der Waals surface area contributed by atoms with Gasteiger partial charge < -0.3 is 29.2 Å². The molecule has 9 heteroatoms. The number of hydrogen-bond acceptors (Lipinski definition) is 8. The number of rotatable bonds is 7. The van der Waals surface area contributed by atoms with Crippen LogP contribution in [-0.4, -0.2) is 36.8 Å². The van der Waals surface area contributed by atoms with Crippen molar-refractivity contribution in [1.29, 1.82) is 0 Å². The van der Waals surface area contributed by atoms with Crippen molar-refractivity contribution in [2.24, 2.45) is 5.73 Å². The second kappa shape index (κ2) is 9.92. The van der Waals surface area contributed by atoms with Crippen molar-refractivity contribution in [1.82, 2.24) is 9.55 Å². The van der Waals surface area contributed by atoms with Gasteiger partial charge in [0.1, 0.15) is 11.3 Å². The van der Waals surface area contributed by atoms with Crippen molar-refractivity contribution in [3.05, 3.63) is 93.0 Å². The minimum atomic E-state index is -0.755.